The highest BCUT2D eigenvalue weighted by molar-refractivity contribution is 5.43. The zero-order valence-corrected chi connectivity index (χ0v) is 12.4. The van der Waals surface area contributed by atoms with Crippen LogP contribution in [0, 0.1) is 5.92 Å². The predicted molar refractivity (Wildman–Crippen MR) is 80.3 cm³/mol. The molecule has 1 heterocycles. The average molecular weight is 275 g/mol. The molecular weight excluding hydrogens is 250 g/mol. The first-order valence-corrected chi connectivity index (χ1v) is 7.93. The predicted octanol–water partition coefficient (Wildman–Crippen LogP) is 3.52. The first-order valence-electron chi connectivity index (χ1n) is 7.93. The van der Waals surface area contributed by atoms with Crippen LogP contribution in [0.3, 0.4) is 0 Å². The van der Waals surface area contributed by atoms with Crippen LogP contribution in [0.5, 0.6) is 11.5 Å². The molecule has 1 fully saturated rings. The minimum absolute atomic E-state index is 0.657. The van der Waals surface area contributed by atoms with Gasteiger partial charge in [-0.15, -0.1) is 0 Å². The lowest BCUT2D eigenvalue weighted by Gasteiger charge is -2.20. The smallest absolute Gasteiger partial charge is 0.161 e. The standard InChI is InChI=1S/C17H25NO2/c1-13-3-2-4-15(7-5-13)18-12-14-6-8-16-17(11-14)20-10-9-19-16/h6,8,11,13,15,18H,2-5,7,9-10,12H2,1H3. The van der Waals surface area contributed by atoms with E-state index in [0.29, 0.717) is 19.3 Å². The minimum Gasteiger partial charge on any atom is -0.486 e. The monoisotopic (exact) mass is 275 g/mol. The van der Waals surface area contributed by atoms with Crippen LogP contribution in [0.1, 0.15) is 44.6 Å². The summed E-state index contributed by atoms with van der Waals surface area (Å²) >= 11 is 0. The summed E-state index contributed by atoms with van der Waals surface area (Å²) < 4.78 is 11.2. The Labute approximate surface area is 121 Å². The Balaban J connectivity index is 1.55. The molecule has 3 heteroatoms. The lowest BCUT2D eigenvalue weighted by Crippen LogP contribution is -2.28. The van der Waals surface area contributed by atoms with E-state index in [4.69, 9.17) is 9.47 Å². The van der Waals surface area contributed by atoms with Crippen LogP contribution in [-0.2, 0) is 6.54 Å². The molecule has 3 rings (SSSR count). The summed E-state index contributed by atoms with van der Waals surface area (Å²) in [5, 5.41) is 3.71. The SMILES string of the molecule is CC1CCCC(NCc2ccc3c(c2)OCCO3)CC1. The van der Waals surface area contributed by atoms with Gasteiger partial charge in [-0.2, -0.15) is 0 Å². The largest absolute Gasteiger partial charge is 0.486 e. The van der Waals surface area contributed by atoms with Crippen molar-refractivity contribution in [3.05, 3.63) is 23.8 Å². The normalized spacial score (nSPS) is 26.1. The molecule has 1 aromatic rings. The lowest BCUT2D eigenvalue weighted by atomic mass is 10.0. The highest BCUT2D eigenvalue weighted by atomic mass is 16.6. The van der Waals surface area contributed by atoms with Crippen molar-refractivity contribution in [1.29, 1.82) is 0 Å². The summed E-state index contributed by atoms with van der Waals surface area (Å²) in [5.74, 6) is 2.67. The average Bonchev–Trinajstić information content (AvgIpc) is 2.69. The van der Waals surface area contributed by atoms with Gasteiger partial charge >= 0.3 is 0 Å². The van der Waals surface area contributed by atoms with Gasteiger partial charge in [-0.25, -0.2) is 0 Å². The van der Waals surface area contributed by atoms with Crippen LogP contribution in [0.4, 0.5) is 0 Å². The molecular formula is C17H25NO2. The number of ether oxygens (including phenoxy) is 2. The van der Waals surface area contributed by atoms with Crippen LogP contribution < -0.4 is 14.8 Å². The van der Waals surface area contributed by atoms with Crippen molar-refractivity contribution in [2.45, 2.75) is 51.6 Å². The summed E-state index contributed by atoms with van der Waals surface area (Å²) in [6, 6.07) is 6.95. The summed E-state index contributed by atoms with van der Waals surface area (Å²) in [5.41, 5.74) is 1.28. The van der Waals surface area contributed by atoms with Crippen molar-refractivity contribution in [1.82, 2.24) is 5.32 Å². The van der Waals surface area contributed by atoms with E-state index in [1.807, 2.05) is 6.07 Å². The number of hydrogen-bond donors (Lipinski definition) is 1. The Kier molecular flexibility index (Phi) is 4.46. The highest BCUT2D eigenvalue weighted by Gasteiger charge is 2.16. The van der Waals surface area contributed by atoms with Crippen LogP contribution in [0.15, 0.2) is 18.2 Å². The fraction of sp³-hybridized carbons (Fsp3) is 0.647. The van der Waals surface area contributed by atoms with Gasteiger partial charge in [0, 0.05) is 12.6 Å². The van der Waals surface area contributed by atoms with Crippen molar-refractivity contribution in [2.24, 2.45) is 5.92 Å². The first kappa shape index (κ1) is 13.7. The third kappa shape index (κ3) is 3.45. The maximum Gasteiger partial charge on any atom is 0.161 e. The van der Waals surface area contributed by atoms with Gasteiger partial charge in [0.25, 0.3) is 0 Å². The zero-order valence-electron chi connectivity index (χ0n) is 12.4. The molecule has 0 amide bonds. The Morgan fingerprint density at radius 3 is 2.80 bits per heavy atom. The van der Waals surface area contributed by atoms with Crippen LogP contribution in [-0.4, -0.2) is 19.3 Å². The Hall–Kier alpha value is -1.22. The summed E-state index contributed by atoms with van der Waals surface area (Å²) in [6.07, 6.45) is 6.74. The van der Waals surface area contributed by atoms with Crippen molar-refractivity contribution in [3.8, 4) is 11.5 Å². The van der Waals surface area contributed by atoms with Crippen LogP contribution in [0.2, 0.25) is 0 Å². The van der Waals surface area contributed by atoms with E-state index in [9.17, 15) is 0 Å². The van der Waals surface area contributed by atoms with Crippen molar-refractivity contribution < 1.29 is 9.47 Å². The Morgan fingerprint density at radius 1 is 1.05 bits per heavy atom. The molecule has 0 spiro atoms. The fourth-order valence-electron chi connectivity index (χ4n) is 3.15. The topological polar surface area (TPSA) is 30.5 Å². The molecule has 110 valence electrons. The van der Waals surface area contributed by atoms with Crippen molar-refractivity contribution in [3.63, 3.8) is 0 Å². The molecule has 0 saturated heterocycles. The Morgan fingerprint density at radius 2 is 1.90 bits per heavy atom. The maximum absolute atomic E-state index is 5.64. The molecule has 2 aliphatic rings. The summed E-state index contributed by atoms with van der Waals surface area (Å²) in [4.78, 5) is 0. The fourth-order valence-corrected chi connectivity index (χ4v) is 3.15. The van der Waals surface area contributed by atoms with E-state index < -0.39 is 0 Å². The van der Waals surface area contributed by atoms with Crippen LogP contribution in [0.25, 0.3) is 0 Å². The number of nitrogens with one attached hydrogen (secondary N) is 1. The van der Waals surface area contributed by atoms with E-state index in [1.165, 1.54) is 37.7 Å². The van der Waals surface area contributed by atoms with Gasteiger partial charge in [-0.3, -0.25) is 0 Å². The third-order valence-electron chi connectivity index (χ3n) is 4.46. The third-order valence-corrected chi connectivity index (χ3v) is 4.46. The van der Waals surface area contributed by atoms with Crippen molar-refractivity contribution in [2.75, 3.05) is 13.2 Å². The second kappa shape index (κ2) is 6.49. The molecule has 0 bridgehead atoms. The molecule has 1 aliphatic carbocycles. The number of hydrogen-bond acceptors (Lipinski definition) is 3. The molecule has 1 N–H and O–H groups in total. The number of benzene rings is 1. The van der Waals surface area contributed by atoms with Gasteiger partial charge in [0.2, 0.25) is 0 Å². The van der Waals surface area contributed by atoms with Gasteiger partial charge in [-0.05, 0) is 42.9 Å². The van der Waals surface area contributed by atoms with Gasteiger partial charge in [0.15, 0.2) is 11.5 Å². The van der Waals surface area contributed by atoms with Crippen LogP contribution >= 0.6 is 0 Å². The van der Waals surface area contributed by atoms with E-state index in [2.05, 4.69) is 24.4 Å². The quantitative estimate of drug-likeness (QED) is 0.856. The molecule has 0 radical (unpaired) electrons. The second-order valence-electron chi connectivity index (χ2n) is 6.17. The molecule has 3 nitrogen and oxygen atoms in total. The maximum atomic E-state index is 5.64. The molecule has 1 aliphatic heterocycles. The molecule has 1 aromatic carbocycles. The van der Waals surface area contributed by atoms with E-state index in [1.54, 1.807) is 0 Å². The zero-order chi connectivity index (χ0) is 13.8. The summed E-state index contributed by atoms with van der Waals surface area (Å²) in [6.45, 7) is 4.62. The molecule has 20 heavy (non-hydrogen) atoms. The number of fused-ring (bicyclic) bond motifs is 1. The van der Waals surface area contributed by atoms with Gasteiger partial charge in [-0.1, -0.05) is 25.8 Å². The Bertz CT molecular complexity index is 447. The molecule has 1 saturated carbocycles. The second-order valence-corrected chi connectivity index (χ2v) is 6.17. The van der Waals surface area contributed by atoms with E-state index in [0.717, 1.165) is 24.0 Å². The number of rotatable bonds is 3. The summed E-state index contributed by atoms with van der Waals surface area (Å²) in [7, 11) is 0. The van der Waals surface area contributed by atoms with E-state index >= 15 is 0 Å². The van der Waals surface area contributed by atoms with Gasteiger partial charge < -0.3 is 14.8 Å². The highest BCUT2D eigenvalue weighted by Crippen LogP contribution is 2.31. The molecule has 2 atom stereocenters. The van der Waals surface area contributed by atoms with E-state index in [-0.39, 0.29) is 0 Å². The van der Waals surface area contributed by atoms with Gasteiger partial charge in [0.05, 0.1) is 0 Å². The molecule has 2 unspecified atom stereocenters. The molecule has 0 aromatic heterocycles. The lowest BCUT2D eigenvalue weighted by molar-refractivity contribution is 0.171. The first-order chi connectivity index (χ1) is 9.81. The van der Waals surface area contributed by atoms with Crippen molar-refractivity contribution >= 4 is 0 Å². The minimum atomic E-state index is 0.657. The van der Waals surface area contributed by atoms with Gasteiger partial charge in [0.1, 0.15) is 13.2 Å².